The molecule has 0 aliphatic rings. The number of nitrogens with zero attached hydrogens (tertiary/aromatic N) is 4. The van der Waals surface area contributed by atoms with Crippen molar-refractivity contribution in [1.82, 2.24) is 9.55 Å². The molecule has 1 N–H and O–H groups in total. The van der Waals surface area contributed by atoms with Gasteiger partial charge in [0.1, 0.15) is 29.4 Å². The van der Waals surface area contributed by atoms with E-state index in [1.54, 1.807) is 48.2 Å². The maximum absolute atomic E-state index is 14.0. The Morgan fingerprint density at radius 1 is 1.40 bits per heavy atom. The number of allylic oxidation sites excluding steroid dienone is 1. The van der Waals surface area contributed by atoms with Crippen LogP contribution in [-0.4, -0.2) is 9.55 Å². The second-order valence-electron chi connectivity index (χ2n) is 3.94. The van der Waals surface area contributed by atoms with Gasteiger partial charge in [0.2, 0.25) is 0 Å². The number of nitrogens with one attached hydrogen (secondary N) is 1. The Morgan fingerprint density at radius 3 is 2.70 bits per heavy atom. The van der Waals surface area contributed by atoms with Crippen LogP contribution in [-0.2, 0) is 0 Å². The van der Waals surface area contributed by atoms with Crippen LogP contribution in [0.25, 0.3) is 5.69 Å². The molecule has 0 unspecified atom stereocenters. The minimum atomic E-state index is -0.431. The largest absolute Gasteiger partial charge is 0.360 e. The number of imidazole rings is 1. The predicted molar refractivity (Wildman–Crippen MR) is 71.2 cm³/mol. The van der Waals surface area contributed by atoms with E-state index < -0.39 is 5.82 Å². The lowest BCUT2D eigenvalue weighted by atomic mass is 10.2. The molecule has 0 radical (unpaired) electrons. The Morgan fingerprint density at radius 2 is 2.15 bits per heavy atom. The van der Waals surface area contributed by atoms with Crippen molar-refractivity contribution in [2.75, 3.05) is 5.32 Å². The second kappa shape index (κ2) is 5.68. The third-order valence-corrected chi connectivity index (χ3v) is 2.66. The minimum absolute atomic E-state index is 0.0834. The van der Waals surface area contributed by atoms with Gasteiger partial charge < -0.3 is 9.88 Å². The summed E-state index contributed by atoms with van der Waals surface area (Å²) in [5.41, 5.74) is 0.752. The molecule has 0 aliphatic carbocycles. The molecule has 2 rings (SSSR count). The van der Waals surface area contributed by atoms with E-state index in [4.69, 9.17) is 10.5 Å². The number of halogens is 1. The van der Waals surface area contributed by atoms with Crippen molar-refractivity contribution in [2.24, 2.45) is 0 Å². The molecule has 0 atom stereocenters. The highest BCUT2D eigenvalue weighted by molar-refractivity contribution is 5.53. The summed E-state index contributed by atoms with van der Waals surface area (Å²) in [7, 11) is 0. The summed E-state index contributed by atoms with van der Waals surface area (Å²) in [5.74, 6) is 0.251. The normalized spacial score (nSPS) is 9.40. The third-order valence-electron chi connectivity index (χ3n) is 2.66. The fraction of sp³-hybridized carbons (Fsp3) is 0.0714. The van der Waals surface area contributed by atoms with Gasteiger partial charge in [0.25, 0.3) is 0 Å². The average Bonchev–Trinajstić information content (AvgIpc) is 2.86. The first-order valence-corrected chi connectivity index (χ1v) is 5.72. The number of benzene rings is 1. The Kier molecular flexibility index (Phi) is 3.78. The molecule has 6 heteroatoms. The summed E-state index contributed by atoms with van der Waals surface area (Å²) in [6.45, 7) is 1.78. The molecule has 0 saturated heterocycles. The summed E-state index contributed by atoms with van der Waals surface area (Å²) in [4.78, 5) is 4.04. The Hall–Kier alpha value is -3.12. The molecule has 1 heterocycles. The molecule has 0 bridgehead atoms. The van der Waals surface area contributed by atoms with Crippen LogP contribution in [0.4, 0.5) is 10.1 Å². The van der Waals surface area contributed by atoms with Crippen molar-refractivity contribution >= 4 is 5.69 Å². The number of anilines is 1. The van der Waals surface area contributed by atoms with E-state index in [0.29, 0.717) is 17.2 Å². The van der Waals surface area contributed by atoms with Gasteiger partial charge >= 0.3 is 0 Å². The molecule has 0 spiro atoms. The van der Waals surface area contributed by atoms with E-state index in [1.807, 2.05) is 0 Å². The molecule has 98 valence electrons. The van der Waals surface area contributed by atoms with Gasteiger partial charge in [-0.05, 0) is 25.1 Å². The van der Waals surface area contributed by atoms with Crippen LogP contribution < -0.4 is 5.32 Å². The lowest BCUT2D eigenvalue weighted by Crippen LogP contribution is -2.00. The summed E-state index contributed by atoms with van der Waals surface area (Å²) in [6, 6.07) is 7.96. The lowest BCUT2D eigenvalue weighted by Gasteiger charge is -2.08. The fourth-order valence-corrected chi connectivity index (χ4v) is 1.67. The Balaban J connectivity index is 2.28. The molecule has 1 aromatic heterocycles. The average molecular weight is 267 g/mol. The van der Waals surface area contributed by atoms with Crippen molar-refractivity contribution in [1.29, 1.82) is 10.5 Å². The third kappa shape index (κ3) is 2.65. The monoisotopic (exact) mass is 267 g/mol. The summed E-state index contributed by atoms with van der Waals surface area (Å²) < 4.78 is 15.7. The van der Waals surface area contributed by atoms with Crippen LogP contribution in [0.1, 0.15) is 5.82 Å². The zero-order valence-corrected chi connectivity index (χ0v) is 10.6. The molecule has 1 aromatic carbocycles. The zero-order valence-electron chi connectivity index (χ0n) is 10.6. The molecule has 0 fully saturated rings. The van der Waals surface area contributed by atoms with Crippen LogP contribution >= 0.6 is 0 Å². The molecule has 2 aromatic rings. The summed E-state index contributed by atoms with van der Waals surface area (Å²) >= 11 is 0. The highest BCUT2D eigenvalue weighted by Gasteiger charge is 2.07. The van der Waals surface area contributed by atoms with Crippen molar-refractivity contribution < 1.29 is 4.39 Å². The van der Waals surface area contributed by atoms with E-state index >= 15 is 0 Å². The van der Waals surface area contributed by atoms with Crippen LogP contribution in [0.3, 0.4) is 0 Å². The molecular formula is C14H10FN5. The van der Waals surface area contributed by atoms with Gasteiger partial charge in [-0.3, -0.25) is 0 Å². The Bertz CT molecular complexity index is 730. The molecule has 0 aliphatic heterocycles. The first-order valence-electron chi connectivity index (χ1n) is 5.72. The first-order chi connectivity index (χ1) is 9.65. The van der Waals surface area contributed by atoms with Crippen molar-refractivity contribution in [2.45, 2.75) is 6.92 Å². The van der Waals surface area contributed by atoms with Gasteiger partial charge in [-0.25, -0.2) is 9.37 Å². The maximum Gasteiger partial charge on any atom is 0.149 e. The number of hydrogen-bond donors (Lipinski definition) is 1. The number of rotatable bonds is 3. The first kappa shape index (κ1) is 13.3. The maximum atomic E-state index is 14.0. The van der Waals surface area contributed by atoms with E-state index in [0.717, 1.165) is 0 Å². The van der Waals surface area contributed by atoms with Gasteiger partial charge in [0.05, 0.1) is 5.69 Å². The van der Waals surface area contributed by atoms with Gasteiger partial charge in [0, 0.05) is 24.3 Å². The standard InChI is InChI=1S/C14H10FN5/c1-10-18-4-5-20(10)14-3-2-12(6-13(14)15)19-9-11(7-16)8-17/h2-6,9,19H,1H3. The lowest BCUT2D eigenvalue weighted by molar-refractivity contribution is 0.617. The number of nitriles is 2. The van der Waals surface area contributed by atoms with E-state index in [9.17, 15) is 4.39 Å². The Labute approximate surface area is 115 Å². The topological polar surface area (TPSA) is 77.4 Å². The summed E-state index contributed by atoms with van der Waals surface area (Å²) in [5, 5.41) is 19.9. The summed E-state index contributed by atoms with van der Waals surface area (Å²) in [6.07, 6.45) is 4.50. The highest BCUT2D eigenvalue weighted by Crippen LogP contribution is 2.19. The van der Waals surface area contributed by atoms with Gasteiger partial charge in [0.15, 0.2) is 0 Å². The van der Waals surface area contributed by atoms with Crippen molar-refractivity contribution in [3.63, 3.8) is 0 Å². The van der Waals surface area contributed by atoms with Crippen molar-refractivity contribution in [3.8, 4) is 17.8 Å². The van der Waals surface area contributed by atoms with Gasteiger partial charge in [-0.15, -0.1) is 0 Å². The minimum Gasteiger partial charge on any atom is -0.360 e. The van der Waals surface area contributed by atoms with Gasteiger partial charge in [-0.1, -0.05) is 0 Å². The van der Waals surface area contributed by atoms with Crippen LogP contribution in [0.15, 0.2) is 42.4 Å². The van der Waals surface area contributed by atoms with E-state index in [1.165, 1.54) is 12.3 Å². The molecular weight excluding hydrogens is 257 g/mol. The smallest absolute Gasteiger partial charge is 0.149 e. The van der Waals surface area contributed by atoms with E-state index in [2.05, 4.69) is 10.3 Å². The molecule has 0 saturated carbocycles. The van der Waals surface area contributed by atoms with Crippen LogP contribution in [0, 0.1) is 35.4 Å². The fourth-order valence-electron chi connectivity index (χ4n) is 1.67. The predicted octanol–water partition coefficient (Wildman–Crippen LogP) is 2.66. The van der Waals surface area contributed by atoms with Crippen LogP contribution in [0.2, 0.25) is 0 Å². The zero-order chi connectivity index (χ0) is 14.5. The van der Waals surface area contributed by atoms with Gasteiger partial charge in [-0.2, -0.15) is 10.5 Å². The highest BCUT2D eigenvalue weighted by atomic mass is 19.1. The van der Waals surface area contributed by atoms with E-state index in [-0.39, 0.29) is 5.57 Å². The molecule has 5 nitrogen and oxygen atoms in total. The quantitative estimate of drug-likeness (QED) is 0.867. The molecule has 20 heavy (non-hydrogen) atoms. The number of aromatic nitrogens is 2. The van der Waals surface area contributed by atoms with Crippen molar-refractivity contribution in [3.05, 3.63) is 54.0 Å². The van der Waals surface area contributed by atoms with Crippen LogP contribution in [0.5, 0.6) is 0 Å². The number of hydrogen-bond acceptors (Lipinski definition) is 4. The molecule has 0 amide bonds. The number of aryl methyl sites for hydroxylation is 1. The SMILES string of the molecule is Cc1nccn1-c1ccc(NC=C(C#N)C#N)cc1F. The second-order valence-corrected chi connectivity index (χ2v) is 3.94.